The van der Waals surface area contributed by atoms with Crippen molar-refractivity contribution in [3.8, 4) is 0 Å². The molecule has 0 aliphatic rings. The fourth-order valence-electron chi connectivity index (χ4n) is 1.19. The van der Waals surface area contributed by atoms with Gasteiger partial charge in [-0.25, -0.2) is 0 Å². The number of nitrogens with one attached hydrogen (secondary N) is 2. The molecule has 0 unspecified atom stereocenters. The van der Waals surface area contributed by atoms with E-state index in [4.69, 9.17) is 0 Å². The molecule has 0 heterocycles. The van der Waals surface area contributed by atoms with Gasteiger partial charge in [0.05, 0.1) is 0 Å². The van der Waals surface area contributed by atoms with Gasteiger partial charge in [-0.05, 0) is 6.42 Å². The maximum Gasteiger partial charge on any atom is 0.253 e. The van der Waals surface area contributed by atoms with E-state index in [1.165, 1.54) is 0 Å². The number of hydrogen-bond donors (Lipinski definition) is 2. The van der Waals surface area contributed by atoms with Crippen LogP contribution in [-0.4, -0.2) is 13.6 Å². The van der Waals surface area contributed by atoms with Crippen LogP contribution in [0.2, 0.25) is 0 Å². The molecule has 0 aliphatic heterocycles. The normalized spacial score (nSPS) is 8.59. The summed E-state index contributed by atoms with van der Waals surface area (Å²) < 4.78 is 0. The first-order valence-electron chi connectivity index (χ1n) is 6.47. The van der Waals surface area contributed by atoms with Crippen molar-refractivity contribution in [1.29, 1.82) is 0 Å². The van der Waals surface area contributed by atoms with E-state index in [1.807, 2.05) is 27.7 Å². The SMILES string of the molecule is CC.CC.CCCCNc1c(NC)c(=O)c1=O. The molecule has 0 aromatic heterocycles. The number of unbranched alkanes of at least 4 members (excludes halogenated alkanes) is 1. The lowest BCUT2D eigenvalue weighted by molar-refractivity contribution is 0.833. The summed E-state index contributed by atoms with van der Waals surface area (Å²) in [6.07, 6.45) is 2.07. The molecule has 4 nitrogen and oxygen atoms in total. The Labute approximate surface area is 104 Å². The standard InChI is InChI=1S/C9H14N2O2.2C2H6/c1-3-4-5-11-7-6(10-2)8(12)9(7)13;2*1-2/h10-11H,3-5H2,1-2H3;2*1-2H3. The molecule has 0 radical (unpaired) electrons. The maximum absolute atomic E-state index is 11.0. The Morgan fingerprint density at radius 1 is 0.941 bits per heavy atom. The highest BCUT2D eigenvalue weighted by atomic mass is 16.2. The Morgan fingerprint density at radius 2 is 1.41 bits per heavy atom. The van der Waals surface area contributed by atoms with Crippen LogP contribution in [0.15, 0.2) is 9.59 Å². The summed E-state index contributed by atoms with van der Waals surface area (Å²) in [4.78, 5) is 21.9. The number of hydrogen-bond acceptors (Lipinski definition) is 4. The van der Waals surface area contributed by atoms with Crippen molar-refractivity contribution in [1.82, 2.24) is 0 Å². The minimum absolute atomic E-state index is 0.402. The number of rotatable bonds is 5. The largest absolute Gasteiger partial charge is 0.383 e. The van der Waals surface area contributed by atoms with Crippen molar-refractivity contribution in [2.45, 2.75) is 47.5 Å². The predicted molar refractivity (Wildman–Crippen MR) is 77.0 cm³/mol. The monoisotopic (exact) mass is 242 g/mol. The van der Waals surface area contributed by atoms with Gasteiger partial charge in [0, 0.05) is 13.6 Å². The highest BCUT2D eigenvalue weighted by molar-refractivity contribution is 5.73. The van der Waals surface area contributed by atoms with Gasteiger partial charge >= 0.3 is 0 Å². The summed E-state index contributed by atoms with van der Waals surface area (Å²) in [5.74, 6) is 0. The topological polar surface area (TPSA) is 58.2 Å². The third-order valence-electron chi connectivity index (χ3n) is 1.99. The Balaban J connectivity index is 0. The van der Waals surface area contributed by atoms with Crippen LogP contribution in [0.5, 0.6) is 0 Å². The van der Waals surface area contributed by atoms with Gasteiger partial charge in [-0.3, -0.25) is 9.59 Å². The van der Waals surface area contributed by atoms with Crippen LogP contribution < -0.4 is 21.5 Å². The summed E-state index contributed by atoms with van der Waals surface area (Å²) in [6.45, 7) is 10.8. The summed E-state index contributed by atoms with van der Waals surface area (Å²) in [5, 5.41) is 5.65. The third kappa shape index (κ3) is 5.02. The van der Waals surface area contributed by atoms with E-state index < -0.39 is 10.9 Å². The van der Waals surface area contributed by atoms with Crippen molar-refractivity contribution in [2.24, 2.45) is 0 Å². The lowest BCUT2D eigenvalue weighted by atomic mass is 10.2. The first-order valence-corrected chi connectivity index (χ1v) is 6.47. The van der Waals surface area contributed by atoms with Gasteiger partial charge in [0.1, 0.15) is 11.4 Å². The zero-order valence-electron chi connectivity index (χ0n) is 11.9. The smallest absolute Gasteiger partial charge is 0.253 e. The Morgan fingerprint density at radius 3 is 1.82 bits per heavy atom. The summed E-state index contributed by atoms with van der Waals surface area (Å²) >= 11 is 0. The quantitative estimate of drug-likeness (QED) is 0.615. The van der Waals surface area contributed by atoms with E-state index in [-0.39, 0.29) is 0 Å². The van der Waals surface area contributed by atoms with Crippen LogP contribution in [0, 0.1) is 0 Å². The van der Waals surface area contributed by atoms with E-state index in [0.717, 1.165) is 19.4 Å². The second-order valence-electron chi connectivity index (χ2n) is 2.94. The molecule has 4 heteroatoms. The van der Waals surface area contributed by atoms with Crippen LogP contribution in [0.25, 0.3) is 0 Å². The molecule has 0 saturated carbocycles. The van der Waals surface area contributed by atoms with Gasteiger partial charge in [0.15, 0.2) is 0 Å². The van der Waals surface area contributed by atoms with Crippen LogP contribution >= 0.6 is 0 Å². The average molecular weight is 242 g/mol. The number of anilines is 2. The van der Waals surface area contributed by atoms with E-state index >= 15 is 0 Å². The van der Waals surface area contributed by atoms with E-state index in [9.17, 15) is 9.59 Å². The van der Waals surface area contributed by atoms with Crippen molar-refractivity contribution in [3.63, 3.8) is 0 Å². The molecule has 0 amide bonds. The molecule has 100 valence electrons. The Kier molecular flexibility index (Phi) is 11.9. The zero-order chi connectivity index (χ0) is 13.8. The average Bonchev–Trinajstić information content (AvgIpc) is 2.42. The van der Waals surface area contributed by atoms with E-state index in [1.54, 1.807) is 7.05 Å². The van der Waals surface area contributed by atoms with Crippen molar-refractivity contribution in [3.05, 3.63) is 20.4 Å². The molecule has 0 saturated heterocycles. The summed E-state index contributed by atoms with van der Waals surface area (Å²) in [7, 11) is 1.64. The van der Waals surface area contributed by atoms with E-state index in [0.29, 0.717) is 11.4 Å². The van der Waals surface area contributed by atoms with Crippen molar-refractivity contribution >= 4 is 11.4 Å². The molecule has 1 aromatic carbocycles. The van der Waals surface area contributed by atoms with E-state index in [2.05, 4.69) is 17.6 Å². The second-order valence-corrected chi connectivity index (χ2v) is 2.94. The molecule has 0 aliphatic carbocycles. The molecule has 17 heavy (non-hydrogen) atoms. The second kappa shape index (κ2) is 11.2. The maximum atomic E-state index is 11.0. The zero-order valence-corrected chi connectivity index (χ0v) is 11.9. The van der Waals surface area contributed by atoms with Gasteiger partial charge in [0.25, 0.3) is 10.9 Å². The van der Waals surface area contributed by atoms with Crippen LogP contribution in [-0.2, 0) is 0 Å². The van der Waals surface area contributed by atoms with Gasteiger partial charge in [-0.1, -0.05) is 41.0 Å². The van der Waals surface area contributed by atoms with Crippen LogP contribution in [0.3, 0.4) is 0 Å². The first kappa shape index (κ1) is 18.1. The fourth-order valence-corrected chi connectivity index (χ4v) is 1.19. The van der Waals surface area contributed by atoms with Crippen molar-refractivity contribution in [2.75, 3.05) is 24.2 Å². The Hall–Kier alpha value is -1.32. The molecule has 2 N–H and O–H groups in total. The molecule has 1 rings (SSSR count). The van der Waals surface area contributed by atoms with Gasteiger partial charge in [0.2, 0.25) is 0 Å². The molecular formula is C13H26N2O2. The molecule has 0 atom stereocenters. The lowest BCUT2D eigenvalue weighted by Crippen LogP contribution is -2.36. The fraction of sp³-hybridized carbons (Fsp3) is 0.692. The summed E-state index contributed by atoms with van der Waals surface area (Å²) in [5.41, 5.74) is 0.0454. The van der Waals surface area contributed by atoms with Gasteiger partial charge in [-0.2, -0.15) is 0 Å². The summed E-state index contributed by atoms with van der Waals surface area (Å²) in [6, 6.07) is 0. The first-order chi connectivity index (χ1) is 8.22. The minimum Gasteiger partial charge on any atom is -0.383 e. The highest BCUT2D eigenvalue weighted by Crippen LogP contribution is 2.12. The van der Waals surface area contributed by atoms with Gasteiger partial charge in [-0.15, -0.1) is 0 Å². The molecule has 0 bridgehead atoms. The van der Waals surface area contributed by atoms with Gasteiger partial charge < -0.3 is 10.6 Å². The highest BCUT2D eigenvalue weighted by Gasteiger charge is 2.18. The molecule has 1 aromatic rings. The minimum atomic E-state index is -0.415. The predicted octanol–water partition coefficient (Wildman–Crippen LogP) is 2.59. The lowest BCUT2D eigenvalue weighted by Gasteiger charge is -2.11. The van der Waals surface area contributed by atoms with Crippen LogP contribution in [0.1, 0.15) is 47.5 Å². The molecule has 0 fully saturated rings. The molecule has 0 spiro atoms. The Bertz CT molecular complexity index is 352. The van der Waals surface area contributed by atoms with Crippen molar-refractivity contribution < 1.29 is 0 Å². The molecular weight excluding hydrogens is 216 g/mol. The van der Waals surface area contributed by atoms with Crippen LogP contribution in [0.4, 0.5) is 11.4 Å². The third-order valence-corrected chi connectivity index (χ3v) is 1.99.